The van der Waals surface area contributed by atoms with Gasteiger partial charge in [-0.3, -0.25) is 9.69 Å². The van der Waals surface area contributed by atoms with Gasteiger partial charge < -0.3 is 10.1 Å². The van der Waals surface area contributed by atoms with Gasteiger partial charge in [-0.2, -0.15) is 0 Å². The Morgan fingerprint density at radius 3 is 2.38 bits per heavy atom. The van der Waals surface area contributed by atoms with E-state index in [9.17, 15) is 14.0 Å². The molecule has 4 rings (SSSR count). The standard InChI is InChI=1S/C26H29FN4O3/c1-17-10-15-22(31(17)25(33)34-26(2,3)4)24(32)28-23-21(18-11-13-19(27)14-12-18)16-30(29-23)20-8-6-5-7-9-20/h5-9,11-14,16-17,22H,10,15H2,1-4H3,(H,28,29,32)/t17-,22+/m0/s1. The summed E-state index contributed by atoms with van der Waals surface area (Å²) in [5, 5.41) is 7.51. The molecule has 2 aromatic carbocycles. The second kappa shape index (κ2) is 9.29. The van der Waals surface area contributed by atoms with Crippen LogP contribution >= 0.6 is 0 Å². The van der Waals surface area contributed by atoms with E-state index in [1.807, 2.05) is 37.3 Å². The van der Waals surface area contributed by atoms with Gasteiger partial charge in [0.1, 0.15) is 17.5 Å². The smallest absolute Gasteiger partial charge is 0.411 e. The molecule has 0 unspecified atom stereocenters. The topological polar surface area (TPSA) is 76.5 Å². The van der Waals surface area contributed by atoms with E-state index in [1.165, 1.54) is 17.0 Å². The molecule has 0 saturated carbocycles. The van der Waals surface area contributed by atoms with Crippen molar-refractivity contribution in [1.29, 1.82) is 0 Å². The van der Waals surface area contributed by atoms with Gasteiger partial charge in [0.05, 0.1) is 5.69 Å². The predicted molar refractivity (Wildman–Crippen MR) is 128 cm³/mol. The van der Waals surface area contributed by atoms with Crippen molar-refractivity contribution in [2.45, 2.75) is 58.2 Å². The van der Waals surface area contributed by atoms with Gasteiger partial charge in [-0.15, -0.1) is 5.10 Å². The number of anilines is 1. The highest BCUT2D eigenvalue weighted by atomic mass is 19.1. The molecular weight excluding hydrogens is 435 g/mol. The number of ether oxygens (including phenoxy) is 1. The highest BCUT2D eigenvalue weighted by Crippen LogP contribution is 2.31. The largest absolute Gasteiger partial charge is 0.444 e. The van der Waals surface area contributed by atoms with Crippen molar-refractivity contribution in [3.63, 3.8) is 0 Å². The lowest BCUT2D eigenvalue weighted by atomic mass is 10.1. The molecule has 7 nitrogen and oxygen atoms in total. The fourth-order valence-electron chi connectivity index (χ4n) is 4.08. The van der Waals surface area contributed by atoms with E-state index in [4.69, 9.17) is 4.74 Å². The van der Waals surface area contributed by atoms with Gasteiger partial charge in [0.15, 0.2) is 5.82 Å². The highest BCUT2D eigenvalue weighted by molar-refractivity contribution is 5.99. The van der Waals surface area contributed by atoms with Crippen LogP contribution in [-0.2, 0) is 9.53 Å². The van der Waals surface area contributed by atoms with E-state index in [0.29, 0.717) is 29.8 Å². The monoisotopic (exact) mass is 464 g/mol. The SMILES string of the molecule is C[C@H]1CC[C@H](C(=O)Nc2nn(-c3ccccc3)cc2-c2ccc(F)cc2)N1C(=O)OC(C)(C)C. The Kier molecular flexibility index (Phi) is 6.41. The van der Waals surface area contributed by atoms with Crippen LogP contribution in [0.15, 0.2) is 60.8 Å². The van der Waals surface area contributed by atoms with Crippen LogP contribution in [0.5, 0.6) is 0 Å². The second-order valence-corrected chi connectivity index (χ2v) is 9.50. The van der Waals surface area contributed by atoms with Crippen molar-refractivity contribution in [2.75, 3.05) is 5.32 Å². The van der Waals surface area contributed by atoms with E-state index in [0.717, 1.165) is 5.69 Å². The van der Waals surface area contributed by atoms with Crippen LogP contribution in [-0.4, -0.2) is 44.4 Å². The number of benzene rings is 2. The third-order valence-corrected chi connectivity index (χ3v) is 5.71. The molecule has 1 N–H and O–H groups in total. The molecule has 2 heterocycles. The van der Waals surface area contributed by atoms with E-state index in [-0.39, 0.29) is 17.8 Å². The Morgan fingerprint density at radius 2 is 1.74 bits per heavy atom. The molecule has 3 aromatic rings. The van der Waals surface area contributed by atoms with Crippen molar-refractivity contribution in [2.24, 2.45) is 0 Å². The van der Waals surface area contributed by atoms with Crippen LogP contribution in [0.1, 0.15) is 40.5 Å². The summed E-state index contributed by atoms with van der Waals surface area (Å²) in [4.78, 5) is 27.7. The number of amides is 2. The van der Waals surface area contributed by atoms with Gasteiger partial charge in [-0.25, -0.2) is 13.9 Å². The fourth-order valence-corrected chi connectivity index (χ4v) is 4.08. The number of aromatic nitrogens is 2. The van der Waals surface area contributed by atoms with Crippen LogP contribution in [0, 0.1) is 5.82 Å². The lowest BCUT2D eigenvalue weighted by Crippen LogP contribution is -2.48. The summed E-state index contributed by atoms with van der Waals surface area (Å²) in [5.41, 5.74) is 1.51. The molecule has 1 fully saturated rings. The van der Waals surface area contributed by atoms with Crippen LogP contribution in [0.4, 0.5) is 15.0 Å². The van der Waals surface area contributed by atoms with Crippen LogP contribution in [0.25, 0.3) is 16.8 Å². The Bertz CT molecular complexity index is 1170. The Balaban J connectivity index is 1.64. The number of hydrogen-bond acceptors (Lipinski definition) is 4. The number of carbonyl (C=O) groups excluding carboxylic acids is 2. The van der Waals surface area contributed by atoms with Gasteiger partial charge >= 0.3 is 6.09 Å². The van der Waals surface area contributed by atoms with Crippen molar-refractivity contribution >= 4 is 17.8 Å². The average Bonchev–Trinajstić information content (AvgIpc) is 3.37. The number of likely N-dealkylation sites (tertiary alicyclic amines) is 1. The molecule has 8 heteroatoms. The molecule has 0 radical (unpaired) electrons. The zero-order valence-corrected chi connectivity index (χ0v) is 19.8. The molecule has 178 valence electrons. The lowest BCUT2D eigenvalue weighted by Gasteiger charge is -2.30. The van der Waals surface area contributed by atoms with Crippen LogP contribution < -0.4 is 5.32 Å². The third-order valence-electron chi connectivity index (χ3n) is 5.71. The number of carbonyl (C=O) groups is 2. The molecule has 0 bridgehead atoms. The molecule has 1 aromatic heterocycles. The molecular formula is C26H29FN4O3. The number of nitrogens with one attached hydrogen (secondary N) is 1. The quantitative estimate of drug-likeness (QED) is 0.561. The molecule has 1 saturated heterocycles. The number of hydrogen-bond donors (Lipinski definition) is 1. The summed E-state index contributed by atoms with van der Waals surface area (Å²) in [6.45, 7) is 7.30. The molecule has 0 spiro atoms. The van der Waals surface area contributed by atoms with Gasteiger partial charge in [0.2, 0.25) is 5.91 Å². The maximum atomic E-state index is 13.5. The summed E-state index contributed by atoms with van der Waals surface area (Å²) >= 11 is 0. The first-order valence-electron chi connectivity index (χ1n) is 11.4. The number of nitrogens with zero attached hydrogens (tertiary/aromatic N) is 3. The van der Waals surface area contributed by atoms with E-state index < -0.39 is 17.7 Å². The number of para-hydroxylation sites is 1. The first-order valence-corrected chi connectivity index (χ1v) is 11.4. The number of halogens is 1. The van der Waals surface area contributed by atoms with Crippen molar-refractivity contribution in [3.8, 4) is 16.8 Å². The normalized spacial score (nSPS) is 18.1. The summed E-state index contributed by atoms with van der Waals surface area (Å²) in [6, 6.07) is 14.7. The van der Waals surface area contributed by atoms with Gasteiger partial charge in [-0.05, 0) is 70.4 Å². The summed E-state index contributed by atoms with van der Waals surface area (Å²) in [7, 11) is 0. The fraction of sp³-hybridized carbons (Fsp3) is 0.346. The molecule has 0 aliphatic carbocycles. The zero-order valence-electron chi connectivity index (χ0n) is 19.8. The van der Waals surface area contributed by atoms with Gasteiger partial charge in [-0.1, -0.05) is 30.3 Å². The van der Waals surface area contributed by atoms with Crippen molar-refractivity contribution in [3.05, 3.63) is 66.6 Å². The molecule has 1 aliphatic rings. The summed E-state index contributed by atoms with van der Waals surface area (Å²) < 4.78 is 20.7. The maximum Gasteiger partial charge on any atom is 0.411 e. The van der Waals surface area contributed by atoms with Gasteiger partial charge in [0, 0.05) is 17.8 Å². The molecule has 2 amide bonds. The second-order valence-electron chi connectivity index (χ2n) is 9.50. The maximum absolute atomic E-state index is 13.5. The summed E-state index contributed by atoms with van der Waals surface area (Å²) in [5.74, 6) is -0.348. The Hall–Kier alpha value is -3.68. The van der Waals surface area contributed by atoms with Crippen molar-refractivity contribution in [1.82, 2.24) is 14.7 Å². The first-order chi connectivity index (χ1) is 16.1. The molecule has 34 heavy (non-hydrogen) atoms. The third kappa shape index (κ3) is 5.11. The minimum absolute atomic E-state index is 0.121. The zero-order chi connectivity index (χ0) is 24.5. The predicted octanol–water partition coefficient (Wildman–Crippen LogP) is 5.40. The highest BCUT2D eigenvalue weighted by Gasteiger charge is 2.41. The Morgan fingerprint density at radius 1 is 1.06 bits per heavy atom. The summed E-state index contributed by atoms with van der Waals surface area (Å²) in [6.07, 6.45) is 2.50. The minimum atomic E-state index is -0.673. The van der Waals surface area contributed by atoms with Crippen LogP contribution in [0.2, 0.25) is 0 Å². The number of rotatable bonds is 4. The van der Waals surface area contributed by atoms with Gasteiger partial charge in [0.25, 0.3) is 0 Å². The van der Waals surface area contributed by atoms with Crippen molar-refractivity contribution < 1.29 is 18.7 Å². The minimum Gasteiger partial charge on any atom is -0.444 e. The Labute approximate surface area is 198 Å². The molecule has 2 atom stereocenters. The average molecular weight is 465 g/mol. The molecule has 1 aliphatic heterocycles. The van der Waals surface area contributed by atoms with E-state index in [2.05, 4.69) is 10.4 Å². The lowest BCUT2D eigenvalue weighted by molar-refractivity contribution is -0.120. The first kappa shape index (κ1) is 23.5. The van der Waals surface area contributed by atoms with E-state index in [1.54, 1.807) is 43.8 Å². The van der Waals surface area contributed by atoms with Crippen LogP contribution in [0.3, 0.4) is 0 Å². The van der Waals surface area contributed by atoms with E-state index >= 15 is 0 Å².